The van der Waals surface area contributed by atoms with Gasteiger partial charge < -0.3 is 9.97 Å². The molecule has 0 saturated carbocycles. The molecule has 2 aromatic heterocycles. The zero-order valence-electron chi connectivity index (χ0n) is 21.6. The van der Waals surface area contributed by atoms with E-state index in [1.54, 1.807) is 0 Å². The molecule has 0 aliphatic heterocycles. The highest BCUT2D eigenvalue weighted by Crippen LogP contribution is 2.25. The van der Waals surface area contributed by atoms with Crippen LogP contribution in [-0.2, 0) is 0 Å². The predicted octanol–water partition coefficient (Wildman–Crippen LogP) is 6.84. The first-order valence-corrected chi connectivity index (χ1v) is 13.4. The number of benzene rings is 4. The Balaban J connectivity index is 0.000000165. The first-order valence-electron chi connectivity index (χ1n) is 12.6. The number of aromatic amines is 2. The van der Waals surface area contributed by atoms with Crippen LogP contribution in [0.15, 0.2) is 135 Å². The van der Waals surface area contributed by atoms with Crippen molar-refractivity contribution in [3.63, 3.8) is 0 Å². The lowest BCUT2D eigenvalue weighted by atomic mass is 10.1. The monoisotopic (exact) mass is 599 g/mol. The van der Waals surface area contributed by atoms with Gasteiger partial charge in [0.05, 0.1) is 11.4 Å². The van der Waals surface area contributed by atoms with Gasteiger partial charge in [-0.25, -0.2) is 9.97 Å². The summed E-state index contributed by atoms with van der Waals surface area (Å²) in [6, 6.07) is 39.8. The standard InChI is InChI=1S/C17H11N3O.C16H11BrN2O/c18-11-14-15(12-7-3-1-4-8-12)19-16(20-17(14)21)13-9-5-2-6-10-13;17-13-14(11-7-3-1-4-8-11)18-15(19-16(13)20)12-9-5-2-6-10-12/h1-10H,(H,19,20,21);1-10H,(H,18,19,20). The first-order chi connectivity index (χ1) is 20.0. The van der Waals surface area contributed by atoms with Crippen LogP contribution in [0.2, 0.25) is 0 Å². The average molecular weight is 600 g/mol. The molecule has 0 fully saturated rings. The summed E-state index contributed by atoms with van der Waals surface area (Å²) in [6.45, 7) is 0. The topological polar surface area (TPSA) is 115 Å². The Morgan fingerprint density at radius 1 is 0.537 bits per heavy atom. The van der Waals surface area contributed by atoms with Crippen LogP contribution in [-0.4, -0.2) is 19.9 Å². The molecule has 0 unspecified atom stereocenters. The van der Waals surface area contributed by atoms with Crippen LogP contribution < -0.4 is 11.1 Å². The second-order valence-electron chi connectivity index (χ2n) is 8.79. The Morgan fingerprint density at radius 3 is 1.34 bits per heavy atom. The Hall–Kier alpha value is -5.39. The van der Waals surface area contributed by atoms with Crippen LogP contribution in [0.1, 0.15) is 5.56 Å². The second kappa shape index (κ2) is 12.6. The molecule has 0 bridgehead atoms. The van der Waals surface area contributed by atoms with E-state index >= 15 is 0 Å². The van der Waals surface area contributed by atoms with Gasteiger partial charge in [-0.15, -0.1) is 0 Å². The summed E-state index contributed by atoms with van der Waals surface area (Å²) in [5.41, 5.74) is 3.81. The zero-order valence-corrected chi connectivity index (χ0v) is 23.2. The third kappa shape index (κ3) is 6.27. The molecule has 2 N–H and O–H groups in total. The van der Waals surface area contributed by atoms with E-state index in [-0.39, 0.29) is 11.1 Å². The molecule has 0 aliphatic rings. The van der Waals surface area contributed by atoms with Crippen molar-refractivity contribution >= 4 is 15.9 Å². The highest BCUT2D eigenvalue weighted by molar-refractivity contribution is 9.10. The lowest BCUT2D eigenvalue weighted by Crippen LogP contribution is -2.15. The maximum Gasteiger partial charge on any atom is 0.269 e. The Morgan fingerprint density at radius 2 is 0.902 bits per heavy atom. The summed E-state index contributed by atoms with van der Waals surface area (Å²) in [7, 11) is 0. The quantitative estimate of drug-likeness (QED) is 0.230. The normalized spacial score (nSPS) is 10.2. The lowest BCUT2D eigenvalue weighted by molar-refractivity contribution is 1.11. The minimum absolute atomic E-state index is 0.0286. The van der Waals surface area contributed by atoms with E-state index in [9.17, 15) is 14.9 Å². The second-order valence-corrected chi connectivity index (χ2v) is 9.58. The number of halogens is 1. The summed E-state index contributed by atoms with van der Waals surface area (Å²) in [5, 5.41) is 9.21. The van der Waals surface area contributed by atoms with Crippen molar-refractivity contribution in [2.45, 2.75) is 0 Å². The molecule has 0 amide bonds. The molecule has 7 nitrogen and oxygen atoms in total. The van der Waals surface area contributed by atoms with Crippen molar-refractivity contribution in [1.82, 2.24) is 19.9 Å². The van der Waals surface area contributed by atoms with Crippen LogP contribution in [0.5, 0.6) is 0 Å². The van der Waals surface area contributed by atoms with E-state index < -0.39 is 5.56 Å². The minimum Gasteiger partial charge on any atom is -0.306 e. The molecule has 6 aromatic rings. The van der Waals surface area contributed by atoms with Gasteiger partial charge in [-0.2, -0.15) is 5.26 Å². The molecule has 4 aromatic carbocycles. The Labute approximate surface area is 244 Å². The zero-order chi connectivity index (χ0) is 28.6. The van der Waals surface area contributed by atoms with Crippen molar-refractivity contribution in [2.24, 2.45) is 0 Å². The third-order valence-electron chi connectivity index (χ3n) is 6.08. The van der Waals surface area contributed by atoms with E-state index in [4.69, 9.17) is 0 Å². The van der Waals surface area contributed by atoms with Gasteiger partial charge in [0.25, 0.3) is 11.1 Å². The molecule has 41 heavy (non-hydrogen) atoms. The molecule has 0 radical (unpaired) electrons. The number of aromatic nitrogens is 4. The van der Waals surface area contributed by atoms with E-state index in [1.165, 1.54) is 0 Å². The highest BCUT2D eigenvalue weighted by Gasteiger charge is 2.14. The Bertz CT molecular complexity index is 1930. The minimum atomic E-state index is -0.426. The van der Waals surface area contributed by atoms with Crippen molar-refractivity contribution in [3.8, 4) is 51.4 Å². The van der Waals surface area contributed by atoms with E-state index in [2.05, 4.69) is 35.9 Å². The van der Waals surface area contributed by atoms with Crippen molar-refractivity contribution < 1.29 is 0 Å². The molecule has 0 aliphatic carbocycles. The summed E-state index contributed by atoms with van der Waals surface area (Å²) in [4.78, 5) is 38.7. The SMILES string of the molecule is N#Cc1c(-c2ccccc2)nc(-c2ccccc2)[nH]c1=O.O=c1[nH]c(-c2ccccc2)nc(-c2ccccc2)c1Br. The summed E-state index contributed by atoms with van der Waals surface area (Å²) in [5.74, 6) is 1.02. The number of hydrogen-bond acceptors (Lipinski definition) is 5. The number of nitriles is 1. The van der Waals surface area contributed by atoms with Crippen LogP contribution in [0.4, 0.5) is 0 Å². The van der Waals surface area contributed by atoms with E-state index in [0.29, 0.717) is 27.5 Å². The van der Waals surface area contributed by atoms with Gasteiger partial charge in [-0.1, -0.05) is 121 Å². The van der Waals surface area contributed by atoms with Crippen LogP contribution in [0.25, 0.3) is 45.3 Å². The number of rotatable bonds is 4. The van der Waals surface area contributed by atoms with Crippen LogP contribution in [0, 0.1) is 11.3 Å². The Kier molecular flexibility index (Phi) is 8.38. The smallest absolute Gasteiger partial charge is 0.269 e. The van der Waals surface area contributed by atoms with Gasteiger partial charge >= 0.3 is 0 Å². The number of H-pyrrole nitrogens is 2. The largest absolute Gasteiger partial charge is 0.306 e. The van der Waals surface area contributed by atoms with E-state index in [0.717, 1.165) is 22.3 Å². The van der Waals surface area contributed by atoms with Crippen LogP contribution >= 0.6 is 15.9 Å². The lowest BCUT2D eigenvalue weighted by Gasteiger charge is -2.07. The van der Waals surface area contributed by atoms with Gasteiger partial charge in [0.15, 0.2) is 0 Å². The van der Waals surface area contributed by atoms with Crippen molar-refractivity contribution in [2.75, 3.05) is 0 Å². The fraction of sp³-hybridized carbons (Fsp3) is 0. The fourth-order valence-electron chi connectivity index (χ4n) is 4.09. The molecule has 198 valence electrons. The fourth-order valence-corrected chi connectivity index (χ4v) is 4.51. The van der Waals surface area contributed by atoms with Crippen molar-refractivity contribution in [3.05, 3.63) is 152 Å². The molecule has 0 spiro atoms. The van der Waals surface area contributed by atoms with Gasteiger partial charge in [-0.3, -0.25) is 9.59 Å². The predicted molar refractivity (Wildman–Crippen MR) is 164 cm³/mol. The molecular weight excluding hydrogens is 578 g/mol. The molecule has 2 heterocycles. The maximum absolute atomic E-state index is 12.1. The highest BCUT2D eigenvalue weighted by atomic mass is 79.9. The van der Waals surface area contributed by atoms with Gasteiger partial charge in [-0.05, 0) is 15.9 Å². The first kappa shape index (κ1) is 27.2. The van der Waals surface area contributed by atoms with Gasteiger partial charge in [0.1, 0.15) is 27.8 Å². The molecule has 8 heteroatoms. The van der Waals surface area contributed by atoms with Gasteiger partial charge in [0, 0.05) is 22.3 Å². The summed E-state index contributed by atoms with van der Waals surface area (Å²) >= 11 is 3.32. The van der Waals surface area contributed by atoms with Crippen LogP contribution in [0.3, 0.4) is 0 Å². The molecular formula is C33H22BrN5O2. The van der Waals surface area contributed by atoms with E-state index in [1.807, 2.05) is 127 Å². The summed E-state index contributed by atoms with van der Waals surface area (Å²) < 4.78 is 0.448. The average Bonchev–Trinajstić information content (AvgIpc) is 3.04. The molecule has 0 saturated heterocycles. The molecule has 6 rings (SSSR count). The summed E-state index contributed by atoms with van der Waals surface area (Å²) in [6.07, 6.45) is 0. The van der Waals surface area contributed by atoms with Crippen molar-refractivity contribution in [1.29, 1.82) is 5.26 Å². The number of nitrogens with zero attached hydrogens (tertiary/aromatic N) is 3. The molecule has 0 atom stereocenters. The number of hydrogen-bond donors (Lipinski definition) is 2. The van der Waals surface area contributed by atoms with Gasteiger partial charge in [0.2, 0.25) is 0 Å². The maximum atomic E-state index is 12.1. The number of nitrogens with one attached hydrogen (secondary N) is 2. The third-order valence-corrected chi connectivity index (χ3v) is 6.82.